The van der Waals surface area contributed by atoms with Gasteiger partial charge in [0.2, 0.25) is 0 Å². The summed E-state index contributed by atoms with van der Waals surface area (Å²) in [7, 11) is 6.44. The fourth-order valence-electron chi connectivity index (χ4n) is 2.83. The molecule has 0 saturated carbocycles. The molecular formula is C21H24N4O2P4S. The van der Waals surface area contributed by atoms with Crippen molar-refractivity contribution in [3.05, 3.63) is 65.3 Å². The van der Waals surface area contributed by atoms with E-state index in [-0.39, 0.29) is 5.75 Å². The molecule has 2 aromatic carbocycles. The lowest BCUT2D eigenvalue weighted by atomic mass is 10.0. The number of hydrazone groups is 1. The average molecular weight is 522 g/mol. The number of phenols is 1. The number of nitrogens with one attached hydrogen (secondary N) is 1. The van der Waals surface area contributed by atoms with Crippen molar-refractivity contribution >= 4 is 67.3 Å². The van der Waals surface area contributed by atoms with Gasteiger partial charge in [-0.15, -0.1) is 29.1 Å². The van der Waals surface area contributed by atoms with Crippen LogP contribution in [0.3, 0.4) is 0 Å². The van der Waals surface area contributed by atoms with E-state index in [9.17, 15) is 5.11 Å². The zero-order valence-electron chi connectivity index (χ0n) is 18.5. The van der Waals surface area contributed by atoms with E-state index in [0.717, 1.165) is 37.3 Å². The van der Waals surface area contributed by atoms with Crippen LogP contribution in [0.25, 0.3) is 21.3 Å². The first-order chi connectivity index (χ1) is 16.1. The van der Waals surface area contributed by atoms with E-state index in [2.05, 4.69) is 66.0 Å². The number of hydrogen-bond donors (Lipinski definition) is 2. The molecule has 32 heavy (non-hydrogen) atoms. The van der Waals surface area contributed by atoms with Crippen molar-refractivity contribution in [2.75, 3.05) is 12.5 Å². The fraction of sp³-hybridized carbons (Fsp3) is 0.0952. The maximum atomic E-state index is 9.98. The van der Waals surface area contributed by atoms with Crippen LogP contribution in [0.4, 0.5) is 5.82 Å². The van der Waals surface area contributed by atoms with E-state index in [4.69, 9.17) is 6.02 Å². The molecule has 166 valence electrons. The summed E-state index contributed by atoms with van der Waals surface area (Å²) in [6.45, 7) is 2.06. The highest BCUT2D eigenvalue weighted by Gasteiger charge is 2.12. The molecule has 0 saturated heterocycles. The third kappa shape index (κ3) is 6.41. The number of hydrogen-bond acceptors (Lipinski definition) is 7. The highest BCUT2D eigenvalue weighted by molar-refractivity contribution is 8.54. The molecule has 0 aliphatic heterocycles. The van der Waals surface area contributed by atoms with Crippen molar-refractivity contribution in [3.8, 4) is 22.6 Å². The molecule has 0 bridgehead atoms. The molecule has 0 spiro atoms. The highest BCUT2D eigenvalue weighted by Crippen LogP contribution is 2.48. The largest absolute Gasteiger partial charge is 0.507 e. The molecule has 4 aromatic rings. The number of benzene rings is 2. The molecule has 4 rings (SSSR count). The van der Waals surface area contributed by atoms with Crippen molar-refractivity contribution in [3.63, 3.8) is 0 Å². The molecule has 4 atom stereocenters. The molecule has 2 heterocycles. The quantitative estimate of drug-likeness (QED) is 0.161. The maximum absolute atomic E-state index is 9.98. The van der Waals surface area contributed by atoms with Crippen LogP contribution in [0.5, 0.6) is 11.5 Å². The van der Waals surface area contributed by atoms with Crippen molar-refractivity contribution < 1.29 is 9.84 Å². The summed E-state index contributed by atoms with van der Waals surface area (Å²) in [5.74, 6) is 1.37. The Labute approximate surface area is 200 Å². The summed E-state index contributed by atoms with van der Waals surface area (Å²) in [4.78, 5) is 9.60. The Morgan fingerprint density at radius 3 is 2.72 bits per heavy atom. The second kappa shape index (κ2) is 12.5. The predicted octanol–water partition coefficient (Wildman–Crippen LogP) is 6.67. The Morgan fingerprint density at radius 1 is 1.22 bits per heavy atom. The van der Waals surface area contributed by atoms with Crippen LogP contribution in [-0.4, -0.2) is 29.7 Å². The number of phenolic OH excluding ortho intramolecular Hbond substituents is 1. The van der Waals surface area contributed by atoms with Gasteiger partial charge in [-0.05, 0) is 30.7 Å². The zero-order chi connectivity index (χ0) is 23.6. The van der Waals surface area contributed by atoms with Gasteiger partial charge in [-0.25, -0.2) is 9.97 Å². The fourth-order valence-corrected chi connectivity index (χ4v) is 3.75. The van der Waals surface area contributed by atoms with E-state index < -0.39 is 0 Å². The van der Waals surface area contributed by atoms with Crippen molar-refractivity contribution in [2.24, 2.45) is 5.10 Å². The van der Waals surface area contributed by atoms with E-state index in [1.54, 1.807) is 36.6 Å². The molecule has 4 unspecified atom stereocenters. The number of aromatic hydroxyl groups is 1. The first-order valence-electron chi connectivity index (χ1n) is 9.90. The lowest BCUT2D eigenvalue weighted by Crippen LogP contribution is -1.96. The van der Waals surface area contributed by atoms with Crippen LogP contribution in [0.15, 0.2) is 59.3 Å². The number of aryl methyl sites for hydroxylation is 1. The first-order valence-corrected chi connectivity index (χ1v) is 16.6. The number of aromatic nitrogens is 2. The molecule has 11 heteroatoms. The SMILES string of the molecule is COc1ccc(O)c(/C=N/Nc2ncnc3scc(-c4ccc(C)cc4)c23)c1.[3H]PPPP. The number of nitrogens with zero attached hydrogens (tertiary/aromatic N) is 3. The van der Waals surface area contributed by atoms with E-state index in [0.29, 0.717) is 26.0 Å². The Hall–Kier alpha value is -1.73. The number of thiophene rings is 1. The normalized spacial score (nSPS) is 12.3. The van der Waals surface area contributed by atoms with Gasteiger partial charge in [0.25, 0.3) is 0 Å². The summed E-state index contributed by atoms with van der Waals surface area (Å²) in [5.41, 5.74) is 6.89. The van der Waals surface area contributed by atoms with Gasteiger partial charge in [0.05, 0.1) is 20.0 Å². The Bertz CT molecular complexity index is 1220. The van der Waals surface area contributed by atoms with Gasteiger partial charge in [-0.2, -0.15) is 5.10 Å². The van der Waals surface area contributed by atoms with Crippen LogP contribution >= 0.6 is 45.1 Å². The second-order valence-electron chi connectivity index (χ2n) is 6.48. The summed E-state index contributed by atoms with van der Waals surface area (Å²) in [6.07, 6.45) is 3.04. The van der Waals surface area contributed by atoms with Gasteiger partial charge in [-0.1, -0.05) is 45.7 Å². The smallest absolute Gasteiger partial charge is 0.159 e. The van der Waals surface area contributed by atoms with Gasteiger partial charge >= 0.3 is 0 Å². The topological polar surface area (TPSA) is 79.6 Å². The summed E-state index contributed by atoms with van der Waals surface area (Å²) >= 11 is 1.56. The van der Waals surface area contributed by atoms with Gasteiger partial charge < -0.3 is 9.84 Å². The molecule has 0 fully saturated rings. The molecule has 0 aliphatic carbocycles. The molecular weight excluding hydrogens is 496 g/mol. The highest BCUT2D eigenvalue weighted by atomic mass is 32.6. The maximum Gasteiger partial charge on any atom is 0.159 e. The lowest BCUT2D eigenvalue weighted by molar-refractivity contribution is 0.412. The number of anilines is 1. The van der Waals surface area contributed by atoms with Gasteiger partial charge in [0, 0.05) is 16.5 Å². The minimum atomic E-state index is 0.120. The summed E-state index contributed by atoms with van der Waals surface area (Å²) in [5, 5.41) is 17.2. The summed E-state index contributed by atoms with van der Waals surface area (Å²) in [6, 6.07) is 13.3. The number of rotatable bonds is 7. The van der Waals surface area contributed by atoms with E-state index >= 15 is 0 Å². The van der Waals surface area contributed by atoms with Gasteiger partial charge in [0.15, 0.2) is 5.82 Å². The van der Waals surface area contributed by atoms with Crippen LogP contribution in [0.2, 0.25) is 0 Å². The van der Waals surface area contributed by atoms with Crippen LogP contribution < -0.4 is 10.2 Å². The molecule has 0 amide bonds. The van der Waals surface area contributed by atoms with Crippen molar-refractivity contribution in [2.45, 2.75) is 6.92 Å². The van der Waals surface area contributed by atoms with Crippen LogP contribution in [-0.2, 0) is 0 Å². The Balaban J connectivity index is 0.000000555. The second-order valence-corrected chi connectivity index (χ2v) is 14.3. The molecule has 2 N–H and O–H groups in total. The minimum Gasteiger partial charge on any atom is -0.507 e. The molecule has 2 aromatic heterocycles. The number of fused-ring (bicyclic) bond motifs is 1. The van der Waals surface area contributed by atoms with Gasteiger partial charge in [0.1, 0.15) is 22.7 Å². The van der Waals surface area contributed by atoms with Crippen molar-refractivity contribution in [1.29, 1.82) is 1.28 Å². The summed E-state index contributed by atoms with van der Waals surface area (Å²) < 4.78 is 11.8. The Kier molecular flexibility index (Phi) is 9.15. The molecule has 0 radical (unpaired) electrons. The van der Waals surface area contributed by atoms with E-state index in [1.165, 1.54) is 18.1 Å². The van der Waals surface area contributed by atoms with Crippen LogP contribution in [0, 0.1) is 6.92 Å². The first kappa shape index (κ1) is 23.4. The third-order valence-electron chi connectivity index (χ3n) is 4.41. The Morgan fingerprint density at radius 2 is 2.03 bits per heavy atom. The van der Waals surface area contributed by atoms with Gasteiger partial charge in [-0.3, -0.25) is 5.43 Å². The average Bonchev–Trinajstić information content (AvgIpc) is 3.27. The number of methoxy groups -OCH3 is 1. The minimum absolute atomic E-state index is 0.120. The van der Waals surface area contributed by atoms with E-state index in [1.807, 2.05) is 0 Å². The third-order valence-corrected chi connectivity index (χ3v) is 11.1. The monoisotopic (exact) mass is 522 g/mol. The standard InChI is InChI=1S/C21H18N4O2S.H6P4/c1-13-3-5-14(6-4-13)17-11-28-21-19(17)20(22-12-23-21)25-24-10-15-9-16(27-2)7-8-18(15)26;1-3-4-2/h3-12,26H,1-2H3,(H,22,23,25);3-4H,1-2H2/b24-10+;/i;1T. The lowest BCUT2D eigenvalue weighted by Gasteiger charge is -2.06. The molecule has 6 nitrogen and oxygen atoms in total. The van der Waals surface area contributed by atoms with Crippen molar-refractivity contribution in [1.82, 2.24) is 9.97 Å². The number of ether oxygens (including phenoxy) is 1. The van der Waals surface area contributed by atoms with Crippen LogP contribution in [0.1, 0.15) is 11.1 Å². The zero-order valence-corrected chi connectivity index (χ0v) is 22.4. The molecule has 0 aliphatic rings. The predicted molar refractivity (Wildman–Crippen MR) is 150 cm³/mol.